The Morgan fingerprint density at radius 2 is 1.79 bits per heavy atom. The molecule has 0 fully saturated rings. The average Bonchev–Trinajstić information content (AvgIpc) is 2.69. The Morgan fingerprint density at radius 1 is 1.04 bits per heavy atom. The molecule has 3 aromatic rings. The van der Waals surface area contributed by atoms with Crippen molar-refractivity contribution >= 4 is 11.5 Å². The van der Waals surface area contributed by atoms with Gasteiger partial charge < -0.3 is 16.5 Å². The van der Waals surface area contributed by atoms with Crippen molar-refractivity contribution in [3.63, 3.8) is 0 Å². The van der Waals surface area contributed by atoms with Crippen molar-refractivity contribution in [1.29, 1.82) is 5.41 Å². The van der Waals surface area contributed by atoms with Crippen molar-refractivity contribution < 1.29 is 0 Å². The van der Waals surface area contributed by atoms with Crippen LogP contribution in [0.2, 0.25) is 0 Å². The van der Waals surface area contributed by atoms with E-state index in [-0.39, 0.29) is 6.04 Å². The maximum Gasteiger partial charge on any atom is 0.124 e. The van der Waals surface area contributed by atoms with Crippen LogP contribution < -0.4 is 11.1 Å². The van der Waals surface area contributed by atoms with E-state index in [1.54, 1.807) is 6.07 Å². The van der Waals surface area contributed by atoms with Crippen LogP contribution in [-0.4, -0.2) is 23.3 Å². The second-order valence-electron chi connectivity index (χ2n) is 7.03. The van der Waals surface area contributed by atoms with Crippen LogP contribution in [0.4, 0.5) is 5.82 Å². The minimum absolute atomic E-state index is 0.267. The molecule has 0 aliphatic carbocycles. The first-order chi connectivity index (χ1) is 13.6. The average molecular weight is 372 g/mol. The zero-order valence-corrected chi connectivity index (χ0v) is 16.2. The molecule has 1 radical (unpaired) electrons. The van der Waals surface area contributed by atoms with Crippen LogP contribution in [-0.2, 0) is 6.42 Å². The van der Waals surface area contributed by atoms with Gasteiger partial charge in [0.05, 0.1) is 5.69 Å². The highest BCUT2D eigenvalue weighted by Crippen LogP contribution is 2.18. The Hall–Kier alpha value is -2.98. The zero-order valence-electron chi connectivity index (χ0n) is 16.2. The fourth-order valence-electron chi connectivity index (χ4n) is 3.13. The summed E-state index contributed by atoms with van der Waals surface area (Å²) < 4.78 is 0. The molecule has 143 valence electrons. The number of anilines is 1. The largest absolute Gasteiger partial charge is 0.384 e. The van der Waals surface area contributed by atoms with E-state index in [1.807, 2.05) is 48.9 Å². The van der Waals surface area contributed by atoms with E-state index in [4.69, 9.17) is 11.1 Å². The second kappa shape index (κ2) is 9.81. The van der Waals surface area contributed by atoms with E-state index in [9.17, 15) is 0 Å². The third-order valence-electron chi connectivity index (χ3n) is 4.59. The number of benzene rings is 2. The molecule has 28 heavy (non-hydrogen) atoms. The van der Waals surface area contributed by atoms with Gasteiger partial charge >= 0.3 is 0 Å². The smallest absolute Gasteiger partial charge is 0.124 e. The lowest BCUT2D eigenvalue weighted by atomic mass is 10.0. The number of nitrogens with zero attached hydrogens (tertiary/aromatic N) is 1. The van der Waals surface area contributed by atoms with Crippen LogP contribution in [0.5, 0.6) is 0 Å². The van der Waals surface area contributed by atoms with Gasteiger partial charge in [0.1, 0.15) is 5.82 Å². The highest BCUT2D eigenvalue weighted by Gasteiger charge is 2.07. The van der Waals surface area contributed by atoms with Gasteiger partial charge in [0, 0.05) is 30.2 Å². The number of aromatic nitrogens is 1. The van der Waals surface area contributed by atoms with Crippen molar-refractivity contribution in [3.8, 4) is 11.3 Å². The Balaban J connectivity index is 1.42. The molecule has 1 aromatic heterocycles. The van der Waals surface area contributed by atoms with Crippen LogP contribution in [0.1, 0.15) is 24.5 Å². The number of pyridine rings is 1. The molecule has 0 spiro atoms. The summed E-state index contributed by atoms with van der Waals surface area (Å²) in [7, 11) is 0. The van der Waals surface area contributed by atoms with Crippen LogP contribution >= 0.6 is 0 Å². The Labute approximate surface area is 167 Å². The Morgan fingerprint density at radius 3 is 2.50 bits per heavy atom. The number of nitrogen functional groups attached to an aromatic ring is 1. The van der Waals surface area contributed by atoms with E-state index >= 15 is 0 Å². The molecule has 3 rings (SSSR count). The zero-order chi connectivity index (χ0) is 19.8. The summed E-state index contributed by atoms with van der Waals surface area (Å²) in [4.78, 5) is 4.36. The summed E-state index contributed by atoms with van der Waals surface area (Å²) >= 11 is 0. The van der Waals surface area contributed by atoms with E-state index in [0.717, 1.165) is 36.2 Å². The van der Waals surface area contributed by atoms with Crippen LogP contribution in [0, 0.1) is 11.8 Å². The molecule has 1 atom stereocenters. The van der Waals surface area contributed by atoms with Crippen molar-refractivity contribution in [3.05, 3.63) is 90.3 Å². The van der Waals surface area contributed by atoms with Gasteiger partial charge in [0.25, 0.3) is 0 Å². The summed E-state index contributed by atoms with van der Waals surface area (Å²) in [5, 5.41) is 11.7. The third kappa shape index (κ3) is 6.03. The number of hydrogen-bond acceptors (Lipinski definition) is 4. The lowest BCUT2D eigenvalue weighted by molar-refractivity contribution is 0.565. The number of hydrogen-bond donors (Lipinski definition) is 3. The molecule has 2 aromatic carbocycles. The van der Waals surface area contributed by atoms with Gasteiger partial charge in [0.15, 0.2) is 0 Å². The molecule has 0 saturated heterocycles. The summed E-state index contributed by atoms with van der Waals surface area (Å²) in [6, 6.07) is 24.4. The lowest BCUT2D eigenvalue weighted by Crippen LogP contribution is -2.30. The molecule has 0 amide bonds. The fourth-order valence-corrected chi connectivity index (χ4v) is 3.13. The molecule has 4 nitrogen and oxygen atoms in total. The van der Waals surface area contributed by atoms with Crippen molar-refractivity contribution in [2.75, 3.05) is 12.3 Å². The van der Waals surface area contributed by atoms with Gasteiger partial charge in [-0.05, 0) is 43.1 Å². The summed E-state index contributed by atoms with van der Waals surface area (Å²) in [5.74, 6) is 0.537. The summed E-state index contributed by atoms with van der Waals surface area (Å²) in [6.45, 7) is 3.01. The van der Waals surface area contributed by atoms with Gasteiger partial charge in [-0.1, -0.05) is 60.7 Å². The Bertz CT molecular complexity index is 888. The summed E-state index contributed by atoms with van der Waals surface area (Å²) in [6.07, 6.45) is 3.60. The highest BCUT2D eigenvalue weighted by atomic mass is 14.9. The molecule has 1 unspecified atom stereocenters. The van der Waals surface area contributed by atoms with Gasteiger partial charge in [-0.25, -0.2) is 4.98 Å². The molecule has 0 aliphatic heterocycles. The normalized spacial score (nSPS) is 11.9. The molecular formula is C24H27N4. The van der Waals surface area contributed by atoms with Gasteiger partial charge in [0.2, 0.25) is 0 Å². The number of rotatable bonds is 9. The predicted octanol–water partition coefficient (Wildman–Crippen LogP) is 4.51. The van der Waals surface area contributed by atoms with Crippen molar-refractivity contribution in [2.45, 2.75) is 25.8 Å². The monoisotopic (exact) mass is 371 g/mol. The first kappa shape index (κ1) is 19.8. The predicted molar refractivity (Wildman–Crippen MR) is 117 cm³/mol. The first-order valence-electron chi connectivity index (χ1n) is 9.62. The van der Waals surface area contributed by atoms with E-state index in [0.29, 0.717) is 11.5 Å². The third-order valence-corrected chi connectivity index (χ3v) is 4.59. The molecule has 4 heteroatoms. The second-order valence-corrected chi connectivity index (χ2v) is 7.03. The van der Waals surface area contributed by atoms with E-state index in [1.165, 1.54) is 5.56 Å². The quantitative estimate of drug-likeness (QED) is 0.484. The van der Waals surface area contributed by atoms with Crippen LogP contribution in [0.25, 0.3) is 11.3 Å². The summed E-state index contributed by atoms with van der Waals surface area (Å²) in [5.41, 5.74) is 10.7. The highest BCUT2D eigenvalue weighted by molar-refractivity contribution is 5.93. The Kier molecular flexibility index (Phi) is 6.93. The van der Waals surface area contributed by atoms with Gasteiger partial charge in [-0.2, -0.15) is 0 Å². The number of nitrogens with one attached hydrogen (secondary N) is 2. The topological polar surface area (TPSA) is 74.8 Å². The van der Waals surface area contributed by atoms with Crippen molar-refractivity contribution in [2.24, 2.45) is 0 Å². The SMILES string of the molecule is CC(CC(=N)[CH]c1ccccc1)NCCc1ccc(-c2cccc(N)n2)cc1. The van der Waals surface area contributed by atoms with Crippen LogP contribution in [0.3, 0.4) is 0 Å². The van der Waals surface area contributed by atoms with E-state index in [2.05, 4.69) is 41.5 Å². The van der Waals surface area contributed by atoms with Gasteiger partial charge in [-0.15, -0.1) is 0 Å². The maximum absolute atomic E-state index is 8.17. The van der Waals surface area contributed by atoms with Gasteiger partial charge in [-0.3, -0.25) is 0 Å². The minimum atomic E-state index is 0.267. The van der Waals surface area contributed by atoms with Crippen LogP contribution in [0.15, 0.2) is 72.8 Å². The first-order valence-corrected chi connectivity index (χ1v) is 9.62. The molecule has 1 heterocycles. The molecule has 4 N–H and O–H groups in total. The fraction of sp³-hybridized carbons (Fsp3) is 0.208. The minimum Gasteiger partial charge on any atom is -0.384 e. The molecular weight excluding hydrogens is 344 g/mol. The maximum atomic E-state index is 8.17. The lowest BCUT2D eigenvalue weighted by Gasteiger charge is -2.14. The number of nitrogens with two attached hydrogens (primary N) is 1. The van der Waals surface area contributed by atoms with E-state index < -0.39 is 0 Å². The standard InChI is InChI=1S/C24H27N4/c1-18(16-22(25)17-20-6-3-2-4-7-20)27-15-14-19-10-12-21(13-11-19)23-8-5-9-24(26)28-23/h2-13,17-18,25,27H,14-16H2,1H3,(H2,26,28). The molecule has 0 bridgehead atoms. The molecule has 0 saturated carbocycles. The molecule has 0 aliphatic rings. The van der Waals surface area contributed by atoms with Crippen molar-refractivity contribution in [1.82, 2.24) is 10.3 Å².